The number of benzene rings is 1. The molecule has 1 saturated heterocycles. The van der Waals surface area contributed by atoms with Gasteiger partial charge in [0, 0.05) is 0 Å². The molecular formula is C20H27NO2. The number of amides is 2. The number of rotatable bonds is 3. The van der Waals surface area contributed by atoms with Crippen molar-refractivity contribution in [1.29, 1.82) is 0 Å². The van der Waals surface area contributed by atoms with Crippen LogP contribution in [-0.4, -0.2) is 16.7 Å². The zero-order valence-electron chi connectivity index (χ0n) is 14.6. The monoisotopic (exact) mass is 313 g/mol. The molecule has 0 radical (unpaired) electrons. The van der Waals surface area contributed by atoms with Gasteiger partial charge < -0.3 is 0 Å². The van der Waals surface area contributed by atoms with Gasteiger partial charge in [-0.05, 0) is 30.7 Å². The van der Waals surface area contributed by atoms with E-state index in [4.69, 9.17) is 0 Å². The second-order valence-corrected chi connectivity index (χ2v) is 6.42. The number of fused-ring (bicyclic) bond motifs is 1. The van der Waals surface area contributed by atoms with E-state index in [1.165, 1.54) is 4.90 Å². The summed E-state index contributed by atoms with van der Waals surface area (Å²) < 4.78 is 0. The maximum absolute atomic E-state index is 12.7. The summed E-state index contributed by atoms with van der Waals surface area (Å²) in [6, 6.07) is 7.98. The van der Waals surface area contributed by atoms with Crippen LogP contribution in [0.1, 0.15) is 38.3 Å². The SMILES string of the molecule is C=CC1CC(C)C2C(=O)N(Cc3cccc(C)c3)C(=O)C12.CC. The quantitative estimate of drug-likeness (QED) is 0.625. The van der Waals surface area contributed by atoms with Crippen LogP contribution in [0.2, 0.25) is 0 Å². The summed E-state index contributed by atoms with van der Waals surface area (Å²) in [5, 5.41) is 0. The third-order valence-electron chi connectivity index (χ3n) is 4.93. The van der Waals surface area contributed by atoms with E-state index in [9.17, 15) is 9.59 Å². The van der Waals surface area contributed by atoms with Gasteiger partial charge in [0.25, 0.3) is 0 Å². The lowest BCUT2D eigenvalue weighted by Gasteiger charge is -2.18. The Morgan fingerprint density at radius 3 is 2.48 bits per heavy atom. The summed E-state index contributed by atoms with van der Waals surface area (Å²) >= 11 is 0. The number of carbonyl (C=O) groups excluding carboxylic acids is 2. The minimum absolute atomic E-state index is 0.00311. The summed E-state index contributed by atoms with van der Waals surface area (Å²) in [5.41, 5.74) is 2.16. The van der Waals surface area contributed by atoms with Crippen LogP contribution < -0.4 is 0 Å². The van der Waals surface area contributed by atoms with E-state index >= 15 is 0 Å². The van der Waals surface area contributed by atoms with Crippen LogP contribution in [0.15, 0.2) is 36.9 Å². The van der Waals surface area contributed by atoms with E-state index in [-0.39, 0.29) is 35.5 Å². The standard InChI is InChI=1S/C18H21NO2.C2H6/c1-4-14-9-12(3)15-16(14)18(21)19(17(15)20)10-13-7-5-6-11(2)8-13;1-2/h4-8,12,14-16H,1,9-10H2,2-3H3;1-2H3. The predicted molar refractivity (Wildman–Crippen MR) is 92.5 cm³/mol. The van der Waals surface area contributed by atoms with Crippen LogP contribution in [0.25, 0.3) is 0 Å². The van der Waals surface area contributed by atoms with Crippen molar-refractivity contribution >= 4 is 11.8 Å². The number of hydrogen-bond acceptors (Lipinski definition) is 2. The molecule has 1 aliphatic heterocycles. The van der Waals surface area contributed by atoms with Crippen LogP contribution in [0.4, 0.5) is 0 Å². The van der Waals surface area contributed by atoms with Gasteiger partial charge in [-0.1, -0.05) is 56.7 Å². The first kappa shape index (κ1) is 17.5. The molecule has 3 rings (SSSR count). The van der Waals surface area contributed by atoms with Crippen LogP contribution in [0.5, 0.6) is 0 Å². The highest BCUT2D eigenvalue weighted by molar-refractivity contribution is 6.05. The molecule has 2 aliphatic rings. The molecule has 0 N–H and O–H groups in total. The number of likely N-dealkylation sites (tertiary alicyclic amines) is 1. The molecule has 1 aromatic rings. The third-order valence-corrected chi connectivity index (χ3v) is 4.93. The molecule has 1 heterocycles. The number of nitrogens with zero attached hydrogens (tertiary/aromatic N) is 1. The average Bonchev–Trinajstić information content (AvgIpc) is 3.01. The maximum atomic E-state index is 12.7. The number of carbonyl (C=O) groups is 2. The van der Waals surface area contributed by atoms with E-state index in [1.807, 2.05) is 51.1 Å². The highest BCUT2D eigenvalue weighted by atomic mass is 16.2. The highest BCUT2D eigenvalue weighted by Crippen LogP contribution is 2.48. The van der Waals surface area contributed by atoms with Gasteiger partial charge in [0.05, 0.1) is 18.4 Å². The molecule has 4 atom stereocenters. The Labute approximate surface area is 139 Å². The van der Waals surface area contributed by atoms with Gasteiger partial charge in [-0.25, -0.2) is 0 Å². The van der Waals surface area contributed by atoms with Gasteiger partial charge in [0.1, 0.15) is 0 Å². The second kappa shape index (κ2) is 7.12. The molecule has 4 unspecified atom stereocenters. The molecule has 0 spiro atoms. The first-order chi connectivity index (χ1) is 11.0. The molecule has 3 nitrogen and oxygen atoms in total. The van der Waals surface area contributed by atoms with Crippen molar-refractivity contribution in [3.05, 3.63) is 48.0 Å². The van der Waals surface area contributed by atoms with E-state index in [0.717, 1.165) is 17.5 Å². The zero-order chi connectivity index (χ0) is 17.1. The second-order valence-electron chi connectivity index (χ2n) is 6.42. The highest BCUT2D eigenvalue weighted by Gasteiger charge is 2.56. The molecule has 0 bridgehead atoms. The Hall–Kier alpha value is -1.90. The average molecular weight is 313 g/mol. The number of allylic oxidation sites excluding steroid dienone is 1. The van der Waals surface area contributed by atoms with E-state index in [2.05, 4.69) is 13.5 Å². The Balaban J connectivity index is 0.000000924. The van der Waals surface area contributed by atoms with Crippen molar-refractivity contribution < 1.29 is 9.59 Å². The van der Waals surface area contributed by atoms with Crippen molar-refractivity contribution in [2.24, 2.45) is 23.7 Å². The topological polar surface area (TPSA) is 37.4 Å². The minimum atomic E-state index is -0.185. The Morgan fingerprint density at radius 2 is 1.87 bits per heavy atom. The number of imide groups is 1. The van der Waals surface area contributed by atoms with E-state index in [1.54, 1.807) is 0 Å². The summed E-state index contributed by atoms with van der Waals surface area (Å²) in [4.78, 5) is 26.7. The van der Waals surface area contributed by atoms with E-state index in [0.29, 0.717) is 6.54 Å². The van der Waals surface area contributed by atoms with Crippen molar-refractivity contribution in [2.75, 3.05) is 0 Å². The lowest BCUT2D eigenvalue weighted by atomic mass is 9.90. The van der Waals surface area contributed by atoms with Gasteiger partial charge >= 0.3 is 0 Å². The largest absolute Gasteiger partial charge is 0.278 e. The molecule has 1 aromatic carbocycles. The minimum Gasteiger partial charge on any atom is -0.278 e. The lowest BCUT2D eigenvalue weighted by Crippen LogP contribution is -2.32. The van der Waals surface area contributed by atoms with Crippen molar-refractivity contribution in [1.82, 2.24) is 4.90 Å². The molecule has 1 saturated carbocycles. The van der Waals surface area contributed by atoms with Crippen LogP contribution in [0, 0.1) is 30.6 Å². The summed E-state index contributed by atoms with van der Waals surface area (Å²) in [6.07, 6.45) is 2.75. The summed E-state index contributed by atoms with van der Waals surface area (Å²) in [7, 11) is 0. The fourth-order valence-corrected chi connectivity index (χ4v) is 3.94. The molecule has 2 fully saturated rings. The normalized spacial score (nSPS) is 29.1. The van der Waals surface area contributed by atoms with Crippen LogP contribution >= 0.6 is 0 Å². The van der Waals surface area contributed by atoms with Gasteiger partial charge in [-0.3, -0.25) is 14.5 Å². The summed E-state index contributed by atoms with van der Waals surface area (Å²) in [5.74, 6) is 0.0603. The molecule has 0 aromatic heterocycles. The van der Waals surface area contributed by atoms with E-state index < -0.39 is 0 Å². The number of hydrogen-bond donors (Lipinski definition) is 0. The third kappa shape index (κ3) is 3.10. The first-order valence-electron chi connectivity index (χ1n) is 8.56. The van der Waals surface area contributed by atoms with Crippen molar-refractivity contribution in [3.63, 3.8) is 0 Å². The van der Waals surface area contributed by atoms with Gasteiger partial charge in [-0.2, -0.15) is 0 Å². The molecule has 2 amide bonds. The van der Waals surface area contributed by atoms with Crippen LogP contribution in [-0.2, 0) is 16.1 Å². The molecule has 1 aliphatic carbocycles. The Morgan fingerprint density at radius 1 is 1.22 bits per heavy atom. The van der Waals surface area contributed by atoms with Crippen LogP contribution in [0.3, 0.4) is 0 Å². The van der Waals surface area contributed by atoms with Crippen molar-refractivity contribution in [3.8, 4) is 0 Å². The fourth-order valence-electron chi connectivity index (χ4n) is 3.94. The molecule has 23 heavy (non-hydrogen) atoms. The van der Waals surface area contributed by atoms with Crippen molar-refractivity contribution in [2.45, 2.75) is 40.7 Å². The zero-order valence-corrected chi connectivity index (χ0v) is 14.6. The smallest absolute Gasteiger partial charge is 0.234 e. The van der Waals surface area contributed by atoms with Gasteiger partial charge in [0.15, 0.2) is 0 Å². The Kier molecular flexibility index (Phi) is 5.40. The lowest BCUT2D eigenvalue weighted by molar-refractivity contribution is -0.141. The fraction of sp³-hybridized carbons (Fsp3) is 0.500. The van der Waals surface area contributed by atoms with Gasteiger partial charge in [0.2, 0.25) is 11.8 Å². The summed E-state index contributed by atoms with van der Waals surface area (Å²) in [6.45, 7) is 12.3. The van der Waals surface area contributed by atoms with Gasteiger partial charge in [-0.15, -0.1) is 6.58 Å². The number of aryl methyl sites for hydroxylation is 1. The molecule has 3 heteroatoms. The maximum Gasteiger partial charge on any atom is 0.234 e. The molecule has 124 valence electrons. The molecular weight excluding hydrogens is 286 g/mol. The first-order valence-corrected chi connectivity index (χ1v) is 8.56. The predicted octanol–water partition coefficient (Wildman–Crippen LogP) is 3.96. The Bertz CT molecular complexity index is 607.